The molecule has 136 valence electrons. The summed E-state index contributed by atoms with van der Waals surface area (Å²) in [6, 6.07) is 6.09. The number of rotatable bonds is 0. The molecule has 0 bridgehead atoms. The first-order chi connectivity index (χ1) is 11.8. The maximum Gasteiger partial charge on any atom is 0.338 e. The molecule has 3 aromatic rings. The normalized spacial score (nSPS) is 16.2. The van der Waals surface area contributed by atoms with Crippen LogP contribution in [0.3, 0.4) is 0 Å². The Bertz CT molecular complexity index is 1140. The number of hydrogen-bond donors (Lipinski definition) is 0. The third kappa shape index (κ3) is 2.11. The van der Waals surface area contributed by atoms with E-state index in [1.807, 2.05) is 4.57 Å². The molecular weight excluding hydrogens is 322 g/mol. The molecular formula is C22H28N3O+. The molecule has 0 saturated heterocycles. The van der Waals surface area contributed by atoms with Gasteiger partial charge in [0.1, 0.15) is 11.2 Å². The molecule has 0 amide bonds. The fourth-order valence-corrected chi connectivity index (χ4v) is 4.13. The highest BCUT2D eigenvalue weighted by Gasteiger charge is 2.44. The third-order valence-corrected chi connectivity index (χ3v) is 5.59. The number of aromatic nitrogens is 3. The van der Waals surface area contributed by atoms with Gasteiger partial charge in [-0.1, -0.05) is 41.5 Å². The van der Waals surface area contributed by atoms with Gasteiger partial charge in [0.05, 0.1) is 23.2 Å². The van der Waals surface area contributed by atoms with Crippen molar-refractivity contribution >= 4 is 16.6 Å². The average Bonchev–Trinajstić information content (AvgIpc) is 2.74. The lowest BCUT2D eigenvalue weighted by Gasteiger charge is -2.22. The number of hydrogen-bond acceptors (Lipinski definition) is 2. The molecule has 0 unspecified atom stereocenters. The smallest absolute Gasteiger partial charge is 0.252 e. The van der Waals surface area contributed by atoms with Crippen molar-refractivity contribution in [3.8, 4) is 0 Å². The van der Waals surface area contributed by atoms with E-state index in [0.717, 1.165) is 27.9 Å². The Morgan fingerprint density at radius 2 is 1.69 bits per heavy atom. The van der Waals surface area contributed by atoms with Gasteiger partial charge in [0, 0.05) is 28.2 Å². The zero-order valence-electron chi connectivity index (χ0n) is 17.1. The second-order valence-corrected chi connectivity index (χ2v) is 10.1. The zero-order valence-corrected chi connectivity index (χ0v) is 17.1. The van der Waals surface area contributed by atoms with Gasteiger partial charge in [-0.3, -0.25) is 4.98 Å². The van der Waals surface area contributed by atoms with Gasteiger partial charge in [-0.25, -0.2) is 9.20 Å². The minimum atomic E-state index is -0.399. The third-order valence-electron chi connectivity index (χ3n) is 5.59. The van der Waals surface area contributed by atoms with E-state index in [2.05, 4.69) is 78.1 Å². The largest absolute Gasteiger partial charge is 0.338 e. The van der Waals surface area contributed by atoms with Crippen LogP contribution in [0, 0.1) is 0 Å². The topological polar surface area (TPSA) is 39.0 Å². The highest BCUT2D eigenvalue weighted by atomic mass is 16.1. The van der Waals surface area contributed by atoms with E-state index in [-0.39, 0.29) is 16.4 Å². The zero-order chi connectivity index (χ0) is 19.2. The van der Waals surface area contributed by atoms with Gasteiger partial charge in [-0.2, -0.15) is 4.57 Å². The van der Waals surface area contributed by atoms with Crippen molar-refractivity contribution in [3.63, 3.8) is 0 Å². The minimum absolute atomic E-state index is 0.0425. The summed E-state index contributed by atoms with van der Waals surface area (Å²) in [7, 11) is 0. The molecule has 0 spiro atoms. The first kappa shape index (κ1) is 17.2. The van der Waals surface area contributed by atoms with E-state index in [0.29, 0.717) is 0 Å². The predicted octanol–water partition coefficient (Wildman–Crippen LogP) is 3.83. The highest BCUT2D eigenvalue weighted by Crippen LogP contribution is 2.40. The molecule has 4 heteroatoms. The monoisotopic (exact) mass is 350 g/mol. The van der Waals surface area contributed by atoms with Gasteiger partial charge in [-0.05, 0) is 19.9 Å². The summed E-state index contributed by atoms with van der Waals surface area (Å²) in [5.74, 6) is 0. The van der Waals surface area contributed by atoms with Crippen LogP contribution in [-0.4, -0.2) is 9.55 Å². The fourth-order valence-electron chi connectivity index (χ4n) is 4.13. The SMILES string of the molecule is CC(C)(C)c1cc2c3c(cc[n+]4c(C(C)(C)C)cc(=O)n(c34)C2(C)C)n1. The molecule has 0 saturated carbocycles. The molecule has 1 aliphatic rings. The molecule has 3 aromatic heterocycles. The summed E-state index contributed by atoms with van der Waals surface area (Å²) in [5, 5.41) is 1.11. The number of nitrogens with zero attached hydrogens (tertiary/aromatic N) is 3. The second kappa shape index (κ2) is 4.73. The van der Waals surface area contributed by atoms with Crippen LogP contribution < -0.4 is 9.96 Å². The van der Waals surface area contributed by atoms with Crippen LogP contribution >= 0.6 is 0 Å². The molecule has 26 heavy (non-hydrogen) atoms. The van der Waals surface area contributed by atoms with Crippen LogP contribution in [0.2, 0.25) is 0 Å². The number of pyridine rings is 2. The van der Waals surface area contributed by atoms with Crippen molar-refractivity contribution in [2.45, 2.75) is 71.8 Å². The van der Waals surface area contributed by atoms with Gasteiger partial charge < -0.3 is 0 Å². The standard InChI is InChI=1S/C22H28N3O/c1-20(2,3)15-11-13-18-14(23-15)9-10-24-16(21(4,5)6)12-17(26)25(19(18)24)22(13,7)8/h9-12H,1-8H3/q+1. The Morgan fingerprint density at radius 3 is 2.27 bits per heavy atom. The molecule has 0 N–H and O–H groups in total. The van der Waals surface area contributed by atoms with Crippen molar-refractivity contribution in [1.82, 2.24) is 9.55 Å². The van der Waals surface area contributed by atoms with E-state index in [1.165, 1.54) is 5.56 Å². The quantitative estimate of drug-likeness (QED) is 0.457. The van der Waals surface area contributed by atoms with E-state index in [4.69, 9.17) is 4.98 Å². The van der Waals surface area contributed by atoms with Crippen molar-refractivity contribution in [2.75, 3.05) is 0 Å². The second-order valence-electron chi connectivity index (χ2n) is 10.1. The molecule has 1 aliphatic heterocycles. The van der Waals surface area contributed by atoms with E-state index in [1.54, 1.807) is 6.07 Å². The van der Waals surface area contributed by atoms with E-state index >= 15 is 0 Å². The lowest BCUT2D eigenvalue weighted by atomic mass is 9.86. The Labute approximate surface area is 154 Å². The summed E-state index contributed by atoms with van der Waals surface area (Å²) in [4.78, 5) is 18.1. The van der Waals surface area contributed by atoms with Gasteiger partial charge >= 0.3 is 5.56 Å². The van der Waals surface area contributed by atoms with E-state index in [9.17, 15) is 4.79 Å². The highest BCUT2D eigenvalue weighted by molar-refractivity contribution is 5.96. The Balaban J connectivity index is 2.26. The van der Waals surface area contributed by atoms with Crippen LogP contribution in [0.25, 0.3) is 16.6 Å². The first-order valence-electron chi connectivity index (χ1n) is 9.30. The Kier molecular flexibility index (Phi) is 3.13. The van der Waals surface area contributed by atoms with E-state index < -0.39 is 5.54 Å². The average molecular weight is 350 g/mol. The molecule has 0 atom stereocenters. The lowest BCUT2D eigenvalue weighted by Crippen LogP contribution is -2.44. The summed E-state index contributed by atoms with van der Waals surface area (Å²) in [5.41, 5.74) is 4.71. The Hall–Kier alpha value is -2.23. The fraction of sp³-hybridized carbons (Fsp3) is 0.500. The van der Waals surface area contributed by atoms with Crippen LogP contribution in [0.5, 0.6) is 0 Å². The van der Waals surface area contributed by atoms with Crippen molar-refractivity contribution in [2.24, 2.45) is 0 Å². The maximum absolute atomic E-state index is 13.1. The lowest BCUT2D eigenvalue weighted by molar-refractivity contribution is -0.529. The minimum Gasteiger partial charge on any atom is -0.252 e. The predicted molar refractivity (Wildman–Crippen MR) is 105 cm³/mol. The molecule has 0 aromatic carbocycles. The maximum atomic E-state index is 13.1. The Morgan fingerprint density at radius 1 is 1.04 bits per heavy atom. The molecule has 0 fully saturated rings. The molecule has 0 radical (unpaired) electrons. The molecule has 4 rings (SSSR count). The molecule has 4 nitrogen and oxygen atoms in total. The molecule has 0 aliphatic carbocycles. The van der Waals surface area contributed by atoms with Crippen molar-refractivity contribution < 1.29 is 4.40 Å². The first-order valence-corrected chi connectivity index (χ1v) is 9.30. The molecule has 4 heterocycles. The van der Waals surface area contributed by atoms with Crippen LogP contribution in [0.1, 0.15) is 72.3 Å². The summed E-state index contributed by atoms with van der Waals surface area (Å²) in [6.45, 7) is 17.2. The summed E-state index contributed by atoms with van der Waals surface area (Å²) >= 11 is 0. The summed E-state index contributed by atoms with van der Waals surface area (Å²) < 4.78 is 4.12. The van der Waals surface area contributed by atoms with Gasteiger partial charge in [0.15, 0.2) is 0 Å². The van der Waals surface area contributed by atoms with Crippen LogP contribution in [0.4, 0.5) is 0 Å². The summed E-state index contributed by atoms with van der Waals surface area (Å²) in [6.07, 6.45) is 2.07. The van der Waals surface area contributed by atoms with Crippen molar-refractivity contribution in [3.05, 3.63) is 51.7 Å². The van der Waals surface area contributed by atoms with Crippen LogP contribution in [0.15, 0.2) is 29.2 Å². The van der Waals surface area contributed by atoms with Gasteiger partial charge in [-0.15, -0.1) is 0 Å². The van der Waals surface area contributed by atoms with Crippen molar-refractivity contribution in [1.29, 1.82) is 0 Å². The van der Waals surface area contributed by atoms with Crippen LogP contribution in [-0.2, 0) is 16.4 Å². The van der Waals surface area contributed by atoms with Gasteiger partial charge in [0.25, 0.3) is 5.65 Å². The van der Waals surface area contributed by atoms with Gasteiger partial charge in [0.2, 0.25) is 0 Å².